The van der Waals surface area contributed by atoms with Crippen LogP contribution in [0.25, 0.3) is 0 Å². The molecular weight excluding hydrogens is 372 g/mol. The number of carbonyl (C=O) groups is 2. The Kier molecular flexibility index (Phi) is 9.10. The van der Waals surface area contributed by atoms with Crippen LogP contribution in [0.1, 0.15) is 55.9 Å². The van der Waals surface area contributed by atoms with Crippen molar-refractivity contribution in [3.63, 3.8) is 0 Å². The maximum absolute atomic E-state index is 13.3. The molecule has 0 fully saturated rings. The highest BCUT2D eigenvalue weighted by atomic mass is 16.2. The van der Waals surface area contributed by atoms with Crippen LogP contribution < -0.4 is 5.32 Å². The Balaban J connectivity index is 2.19. The number of carbonyl (C=O) groups excluding carboxylic acids is 2. The summed E-state index contributed by atoms with van der Waals surface area (Å²) < 4.78 is 0. The van der Waals surface area contributed by atoms with Gasteiger partial charge in [-0.15, -0.1) is 0 Å². The van der Waals surface area contributed by atoms with E-state index in [0.29, 0.717) is 38.3 Å². The first-order chi connectivity index (χ1) is 14.3. The minimum atomic E-state index is -0.464. The van der Waals surface area contributed by atoms with Crippen molar-refractivity contribution < 1.29 is 9.59 Å². The van der Waals surface area contributed by atoms with Gasteiger partial charge in [-0.05, 0) is 49.3 Å². The van der Waals surface area contributed by atoms with E-state index < -0.39 is 6.04 Å². The van der Waals surface area contributed by atoms with Gasteiger partial charge in [-0.25, -0.2) is 0 Å². The van der Waals surface area contributed by atoms with E-state index in [9.17, 15) is 9.59 Å². The molecular formula is C26H36N2O2. The number of aryl methyl sites for hydroxylation is 3. The van der Waals surface area contributed by atoms with Crippen LogP contribution in [0, 0.1) is 19.8 Å². The van der Waals surface area contributed by atoms with Gasteiger partial charge in [-0.3, -0.25) is 9.59 Å². The molecule has 0 saturated carbocycles. The average Bonchev–Trinajstić information content (AvgIpc) is 2.72. The molecule has 2 amide bonds. The van der Waals surface area contributed by atoms with Crippen LogP contribution in [0.15, 0.2) is 48.5 Å². The van der Waals surface area contributed by atoms with Gasteiger partial charge in [0.15, 0.2) is 0 Å². The summed E-state index contributed by atoms with van der Waals surface area (Å²) in [5.74, 6) is 0.322. The van der Waals surface area contributed by atoms with Crippen LogP contribution in [0.3, 0.4) is 0 Å². The molecule has 0 aromatic heterocycles. The summed E-state index contributed by atoms with van der Waals surface area (Å²) in [4.78, 5) is 28.0. The van der Waals surface area contributed by atoms with Crippen molar-refractivity contribution in [2.75, 3.05) is 6.54 Å². The lowest BCUT2D eigenvalue weighted by molar-refractivity contribution is -0.141. The minimum absolute atomic E-state index is 0.0189. The monoisotopic (exact) mass is 408 g/mol. The second-order valence-corrected chi connectivity index (χ2v) is 8.50. The summed E-state index contributed by atoms with van der Waals surface area (Å²) in [6, 6.07) is 15.9. The van der Waals surface area contributed by atoms with E-state index in [1.165, 1.54) is 5.56 Å². The first-order valence-electron chi connectivity index (χ1n) is 11.0. The Morgan fingerprint density at radius 3 is 2.27 bits per heavy atom. The number of rotatable bonds is 10. The molecule has 1 atom stereocenters. The van der Waals surface area contributed by atoms with E-state index in [-0.39, 0.29) is 11.8 Å². The van der Waals surface area contributed by atoms with Gasteiger partial charge in [0, 0.05) is 19.5 Å². The Morgan fingerprint density at radius 1 is 1.00 bits per heavy atom. The topological polar surface area (TPSA) is 49.4 Å². The highest BCUT2D eigenvalue weighted by molar-refractivity contribution is 5.87. The number of nitrogens with one attached hydrogen (secondary N) is 1. The lowest BCUT2D eigenvalue weighted by atomic mass is 10.0. The molecule has 1 N–H and O–H groups in total. The van der Waals surface area contributed by atoms with Crippen molar-refractivity contribution in [1.29, 1.82) is 0 Å². The Morgan fingerprint density at radius 2 is 1.67 bits per heavy atom. The Labute approximate surface area is 181 Å². The highest BCUT2D eigenvalue weighted by Gasteiger charge is 2.28. The molecule has 4 heteroatoms. The predicted octanol–water partition coefficient (Wildman–Crippen LogP) is 4.82. The molecule has 0 saturated heterocycles. The molecule has 0 aliphatic rings. The fraction of sp³-hybridized carbons (Fsp3) is 0.462. The first-order valence-corrected chi connectivity index (χ1v) is 11.0. The van der Waals surface area contributed by atoms with Crippen LogP contribution in [-0.4, -0.2) is 29.3 Å². The molecule has 0 unspecified atom stereocenters. The van der Waals surface area contributed by atoms with Crippen LogP contribution in [0.2, 0.25) is 0 Å². The van der Waals surface area contributed by atoms with E-state index in [0.717, 1.165) is 16.7 Å². The smallest absolute Gasteiger partial charge is 0.242 e. The zero-order valence-corrected chi connectivity index (χ0v) is 19.1. The van der Waals surface area contributed by atoms with E-state index in [2.05, 4.69) is 50.4 Å². The van der Waals surface area contributed by atoms with Gasteiger partial charge in [0.1, 0.15) is 6.04 Å². The molecule has 0 aliphatic carbocycles. The molecule has 30 heavy (non-hydrogen) atoms. The first kappa shape index (κ1) is 23.7. The van der Waals surface area contributed by atoms with Crippen LogP contribution in [0.5, 0.6) is 0 Å². The summed E-state index contributed by atoms with van der Waals surface area (Å²) in [6.07, 6.45) is 1.66. The lowest BCUT2D eigenvalue weighted by Gasteiger charge is -2.31. The second-order valence-electron chi connectivity index (χ2n) is 8.50. The fourth-order valence-electron chi connectivity index (χ4n) is 3.46. The molecule has 0 spiro atoms. The van der Waals surface area contributed by atoms with Crippen LogP contribution >= 0.6 is 0 Å². The van der Waals surface area contributed by atoms with E-state index in [4.69, 9.17) is 0 Å². The maximum atomic E-state index is 13.3. The van der Waals surface area contributed by atoms with Gasteiger partial charge >= 0.3 is 0 Å². The number of hydrogen-bond acceptors (Lipinski definition) is 2. The fourth-order valence-corrected chi connectivity index (χ4v) is 3.46. The van der Waals surface area contributed by atoms with Crippen molar-refractivity contribution in [2.24, 2.45) is 5.92 Å². The molecule has 0 radical (unpaired) electrons. The average molecular weight is 409 g/mol. The van der Waals surface area contributed by atoms with Gasteiger partial charge in [-0.2, -0.15) is 0 Å². The minimum Gasteiger partial charge on any atom is -0.354 e. The van der Waals surface area contributed by atoms with Gasteiger partial charge in [0.2, 0.25) is 11.8 Å². The highest BCUT2D eigenvalue weighted by Crippen LogP contribution is 2.17. The molecule has 4 nitrogen and oxygen atoms in total. The molecule has 2 aromatic carbocycles. The van der Waals surface area contributed by atoms with E-state index in [1.54, 1.807) is 4.90 Å². The summed E-state index contributed by atoms with van der Waals surface area (Å²) >= 11 is 0. The summed E-state index contributed by atoms with van der Waals surface area (Å²) in [7, 11) is 0. The van der Waals surface area contributed by atoms with Crippen molar-refractivity contribution in [3.05, 3.63) is 70.8 Å². The summed E-state index contributed by atoms with van der Waals surface area (Å²) in [5.41, 5.74) is 4.56. The van der Waals surface area contributed by atoms with Gasteiger partial charge in [-0.1, -0.05) is 74.9 Å². The van der Waals surface area contributed by atoms with Crippen molar-refractivity contribution >= 4 is 11.8 Å². The van der Waals surface area contributed by atoms with Crippen LogP contribution in [-0.2, 0) is 22.6 Å². The largest absolute Gasteiger partial charge is 0.354 e. The van der Waals surface area contributed by atoms with Gasteiger partial charge in [0.25, 0.3) is 0 Å². The number of amides is 2. The third-order valence-electron chi connectivity index (χ3n) is 5.42. The van der Waals surface area contributed by atoms with E-state index >= 15 is 0 Å². The van der Waals surface area contributed by atoms with Gasteiger partial charge < -0.3 is 10.2 Å². The Bertz CT molecular complexity index is 827. The zero-order chi connectivity index (χ0) is 22.1. The third-order valence-corrected chi connectivity index (χ3v) is 5.42. The lowest BCUT2D eigenvalue weighted by Crippen LogP contribution is -2.49. The summed E-state index contributed by atoms with van der Waals surface area (Å²) in [6.45, 7) is 11.3. The molecule has 2 aromatic rings. The SMILES string of the molecule is CC[C@H](C(=O)NCC(C)C)N(Cc1ccccc1C)C(=O)CCc1ccc(C)cc1. The van der Waals surface area contributed by atoms with E-state index in [1.807, 2.05) is 38.1 Å². The maximum Gasteiger partial charge on any atom is 0.242 e. The molecule has 0 aliphatic heterocycles. The molecule has 2 rings (SSSR count). The van der Waals surface area contributed by atoms with Crippen LogP contribution in [0.4, 0.5) is 0 Å². The third kappa shape index (κ3) is 7.01. The standard InChI is InChI=1S/C26H36N2O2/c1-6-24(26(30)27-17-19(2)3)28(18-23-10-8-7-9-21(23)5)25(29)16-15-22-13-11-20(4)12-14-22/h7-14,19,24H,6,15-18H2,1-5H3,(H,27,30)/t24-/m1/s1. The number of benzene rings is 2. The Hall–Kier alpha value is -2.62. The zero-order valence-electron chi connectivity index (χ0n) is 19.1. The summed E-state index contributed by atoms with van der Waals surface area (Å²) in [5, 5.41) is 3.02. The van der Waals surface area contributed by atoms with Crippen molar-refractivity contribution in [1.82, 2.24) is 10.2 Å². The number of nitrogens with zero attached hydrogens (tertiary/aromatic N) is 1. The normalized spacial score (nSPS) is 11.9. The van der Waals surface area contributed by atoms with Crippen molar-refractivity contribution in [3.8, 4) is 0 Å². The predicted molar refractivity (Wildman–Crippen MR) is 123 cm³/mol. The van der Waals surface area contributed by atoms with Gasteiger partial charge in [0.05, 0.1) is 0 Å². The second kappa shape index (κ2) is 11.5. The molecule has 0 bridgehead atoms. The number of hydrogen-bond donors (Lipinski definition) is 1. The molecule has 0 heterocycles. The van der Waals surface area contributed by atoms with Crippen molar-refractivity contribution in [2.45, 2.75) is 66.5 Å². The molecule has 162 valence electrons. The quantitative estimate of drug-likeness (QED) is 0.613.